The van der Waals surface area contributed by atoms with E-state index in [0.717, 1.165) is 11.4 Å². The molecule has 1 aromatic rings. The van der Waals surface area contributed by atoms with E-state index in [1.807, 2.05) is 0 Å². The highest BCUT2D eigenvalue weighted by atomic mass is 15.0. The molecular formula is C8H14N6+2. The summed E-state index contributed by atoms with van der Waals surface area (Å²) in [5, 5.41) is 0. The molecule has 0 aliphatic heterocycles. The average molecular weight is 194 g/mol. The second-order valence-corrected chi connectivity index (χ2v) is 2.74. The van der Waals surface area contributed by atoms with Crippen molar-refractivity contribution in [3.8, 4) is 0 Å². The predicted molar refractivity (Wildman–Crippen MR) is 54.5 cm³/mol. The minimum atomic E-state index is 0.149. The van der Waals surface area contributed by atoms with Gasteiger partial charge >= 0.3 is 11.9 Å². The summed E-state index contributed by atoms with van der Waals surface area (Å²) in [6, 6.07) is 7.19. The Bertz CT molecular complexity index is 319. The molecular weight excluding hydrogens is 180 g/mol. The largest absolute Gasteiger partial charge is 0.343 e. The van der Waals surface area contributed by atoms with E-state index >= 15 is 0 Å². The minimum Gasteiger partial charge on any atom is -0.291 e. The molecule has 74 valence electrons. The molecule has 14 heavy (non-hydrogen) atoms. The average Bonchev–Trinajstić information content (AvgIpc) is 2.06. The Hall–Kier alpha value is -2.24. The molecule has 1 rings (SSSR count). The molecule has 0 amide bonds. The molecule has 0 saturated carbocycles. The quantitative estimate of drug-likeness (QED) is 0.210. The van der Waals surface area contributed by atoms with Gasteiger partial charge in [0, 0.05) is 0 Å². The van der Waals surface area contributed by atoms with Crippen LogP contribution in [0.1, 0.15) is 0 Å². The second-order valence-electron chi connectivity index (χ2n) is 2.74. The summed E-state index contributed by atoms with van der Waals surface area (Å²) in [6.07, 6.45) is 0. The molecule has 0 atom stereocenters. The van der Waals surface area contributed by atoms with Crippen LogP contribution < -0.4 is 32.9 Å². The first-order valence-electron chi connectivity index (χ1n) is 3.98. The summed E-state index contributed by atoms with van der Waals surface area (Å²) in [6.45, 7) is 0. The Morgan fingerprint density at radius 2 is 1.00 bits per heavy atom. The smallest absolute Gasteiger partial charge is 0.291 e. The van der Waals surface area contributed by atoms with E-state index in [9.17, 15) is 0 Å². The fraction of sp³-hybridized carbons (Fsp3) is 0. The summed E-state index contributed by atoms with van der Waals surface area (Å²) in [7, 11) is 0. The van der Waals surface area contributed by atoms with Crippen LogP contribution in [-0.4, -0.2) is 11.9 Å². The van der Waals surface area contributed by atoms with Gasteiger partial charge in [0.05, 0.1) is 11.4 Å². The van der Waals surface area contributed by atoms with Crippen LogP contribution in [-0.2, 0) is 0 Å². The van der Waals surface area contributed by atoms with E-state index < -0.39 is 0 Å². The molecule has 6 heteroatoms. The lowest BCUT2D eigenvalue weighted by atomic mass is 10.3. The maximum Gasteiger partial charge on any atom is 0.343 e. The van der Waals surface area contributed by atoms with E-state index in [1.165, 1.54) is 0 Å². The molecule has 0 radical (unpaired) electrons. The van der Waals surface area contributed by atoms with Gasteiger partial charge in [-0.3, -0.25) is 22.9 Å². The molecule has 0 heterocycles. The zero-order valence-electron chi connectivity index (χ0n) is 7.62. The molecule has 1 aromatic carbocycles. The number of nitrogens with two attached hydrogens (primary N) is 4. The fourth-order valence-corrected chi connectivity index (χ4v) is 0.970. The van der Waals surface area contributed by atoms with Crippen molar-refractivity contribution >= 4 is 23.3 Å². The van der Waals surface area contributed by atoms with Gasteiger partial charge in [0.25, 0.3) is 0 Å². The Kier molecular flexibility index (Phi) is 2.90. The van der Waals surface area contributed by atoms with Gasteiger partial charge in [-0.15, -0.1) is 0 Å². The third kappa shape index (κ3) is 3.02. The number of hydrogen-bond acceptors (Lipinski definition) is 0. The lowest BCUT2D eigenvalue weighted by Gasteiger charge is -1.93. The molecule has 0 saturated heterocycles. The van der Waals surface area contributed by atoms with E-state index in [-0.39, 0.29) is 11.9 Å². The van der Waals surface area contributed by atoms with Gasteiger partial charge in [-0.2, -0.15) is 0 Å². The molecule has 0 aromatic heterocycles. The highest BCUT2D eigenvalue weighted by Crippen LogP contribution is 2.02. The molecule has 0 spiro atoms. The van der Waals surface area contributed by atoms with E-state index in [2.05, 4.69) is 9.98 Å². The molecule has 10 N–H and O–H groups in total. The zero-order valence-corrected chi connectivity index (χ0v) is 7.62. The first-order valence-corrected chi connectivity index (χ1v) is 3.98. The second kappa shape index (κ2) is 4.13. The molecule has 0 fully saturated rings. The SMILES string of the molecule is NC(N)=[NH+]c1ccc([NH+]=C(N)N)cc1. The summed E-state index contributed by atoms with van der Waals surface area (Å²) in [5.74, 6) is 0.297. The fourth-order valence-electron chi connectivity index (χ4n) is 0.970. The van der Waals surface area contributed by atoms with Gasteiger partial charge in [-0.25, -0.2) is 9.98 Å². The van der Waals surface area contributed by atoms with Crippen molar-refractivity contribution in [3.05, 3.63) is 24.3 Å². The van der Waals surface area contributed by atoms with Crippen molar-refractivity contribution in [2.75, 3.05) is 0 Å². The standard InChI is InChI=1S/C8H12N6/c9-7(10)13-5-1-2-6(4-3-5)14-8(11)12/h1-4H,(H4,9,10,13)(H4,11,12,14)/p+2. The monoisotopic (exact) mass is 194 g/mol. The van der Waals surface area contributed by atoms with Crippen molar-refractivity contribution in [2.45, 2.75) is 0 Å². The van der Waals surface area contributed by atoms with Crippen LogP contribution in [0.4, 0.5) is 11.4 Å². The Balaban J connectivity index is 2.89. The van der Waals surface area contributed by atoms with Crippen LogP contribution in [0, 0.1) is 0 Å². The van der Waals surface area contributed by atoms with Crippen LogP contribution in [0.5, 0.6) is 0 Å². The van der Waals surface area contributed by atoms with Crippen LogP contribution in [0.3, 0.4) is 0 Å². The lowest BCUT2D eigenvalue weighted by molar-refractivity contribution is -0.361. The first kappa shape index (κ1) is 9.85. The van der Waals surface area contributed by atoms with E-state index in [0.29, 0.717) is 0 Å². The Morgan fingerprint density at radius 1 is 0.714 bits per heavy atom. The Morgan fingerprint density at radius 3 is 1.21 bits per heavy atom. The highest BCUT2D eigenvalue weighted by molar-refractivity contribution is 5.71. The number of nitrogens with one attached hydrogen (secondary N) is 2. The number of benzene rings is 1. The summed E-state index contributed by atoms with van der Waals surface area (Å²) >= 11 is 0. The third-order valence-electron chi connectivity index (χ3n) is 1.46. The minimum absolute atomic E-state index is 0.149. The van der Waals surface area contributed by atoms with Crippen molar-refractivity contribution in [1.29, 1.82) is 0 Å². The third-order valence-corrected chi connectivity index (χ3v) is 1.46. The summed E-state index contributed by atoms with van der Waals surface area (Å²) in [5.41, 5.74) is 22.7. The maximum atomic E-state index is 5.27. The molecule has 0 bridgehead atoms. The summed E-state index contributed by atoms with van der Waals surface area (Å²) < 4.78 is 0. The summed E-state index contributed by atoms with van der Waals surface area (Å²) in [4.78, 5) is 5.52. The topological polar surface area (TPSA) is 132 Å². The van der Waals surface area contributed by atoms with Crippen LogP contribution >= 0.6 is 0 Å². The van der Waals surface area contributed by atoms with Gasteiger partial charge in [0.1, 0.15) is 0 Å². The number of rotatable bonds is 2. The first-order chi connectivity index (χ1) is 6.58. The molecule has 6 nitrogen and oxygen atoms in total. The van der Waals surface area contributed by atoms with Gasteiger partial charge in [0.2, 0.25) is 0 Å². The van der Waals surface area contributed by atoms with Crippen LogP contribution in [0.15, 0.2) is 24.3 Å². The van der Waals surface area contributed by atoms with Crippen molar-refractivity contribution in [2.24, 2.45) is 22.9 Å². The zero-order chi connectivity index (χ0) is 10.6. The van der Waals surface area contributed by atoms with Gasteiger partial charge in [-0.05, 0) is 24.3 Å². The molecule has 0 aliphatic rings. The van der Waals surface area contributed by atoms with Gasteiger partial charge in [-0.1, -0.05) is 0 Å². The number of hydrogen-bond donors (Lipinski definition) is 6. The van der Waals surface area contributed by atoms with Gasteiger partial charge < -0.3 is 0 Å². The van der Waals surface area contributed by atoms with Crippen LogP contribution in [0.2, 0.25) is 0 Å². The van der Waals surface area contributed by atoms with Crippen molar-refractivity contribution in [1.82, 2.24) is 0 Å². The normalized spacial score (nSPS) is 9.14. The van der Waals surface area contributed by atoms with E-state index in [4.69, 9.17) is 22.9 Å². The van der Waals surface area contributed by atoms with E-state index in [1.54, 1.807) is 24.3 Å². The maximum absolute atomic E-state index is 5.27. The molecule has 0 unspecified atom stereocenters. The van der Waals surface area contributed by atoms with Crippen molar-refractivity contribution in [3.63, 3.8) is 0 Å². The lowest BCUT2D eigenvalue weighted by Crippen LogP contribution is -2.73. The Labute approximate surface area is 81.3 Å². The van der Waals surface area contributed by atoms with Gasteiger partial charge in [0.15, 0.2) is 0 Å². The predicted octanol–water partition coefficient (Wildman–Crippen LogP) is -4.34. The van der Waals surface area contributed by atoms with Crippen LogP contribution in [0.25, 0.3) is 0 Å². The molecule has 0 aliphatic carbocycles. The highest BCUT2D eigenvalue weighted by Gasteiger charge is 1.95. The van der Waals surface area contributed by atoms with Crippen molar-refractivity contribution < 1.29 is 9.98 Å². The number of guanidine groups is 2.